The number of nitro benzene ring substituents is 2. The van der Waals surface area contributed by atoms with Crippen LogP contribution in [0.15, 0.2) is 18.2 Å². The van der Waals surface area contributed by atoms with E-state index in [-0.39, 0.29) is 42.8 Å². The fourth-order valence-corrected chi connectivity index (χ4v) is 3.74. The number of nitrogens with one attached hydrogen (secondary N) is 1. The summed E-state index contributed by atoms with van der Waals surface area (Å²) in [6.45, 7) is 11.3. The molecule has 0 unspecified atom stereocenters. The van der Waals surface area contributed by atoms with Gasteiger partial charge in [0, 0.05) is 19.5 Å². The van der Waals surface area contributed by atoms with Gasteiger partial charge in [-0.1, -0.05) is 0 Å². The molecule has 0 radical (unpaired) electrons. The summed E-state index contributed by atoms with van der Waals surface area (Å²) in [4.78, 5) is 31.2. The van der Waals surface area contributed by atoms with Crippen LogP contribution >= 0.6 is 0 Å². The molecule has 1 N–H and O–H groups in total. The van der Waals surface area contributed by atoms with Crippen LogP contribution in [0.1, 0.15) is 6.92 Å². The lowest BCUT2D eigenvalue weighted by Gasteiger charge is -2.09. The van der Waals surface area contributed by atoms with E-state index in [1.54, 1.807) is 0 Å². The molecule has 0 atom stereocenters. The summed E-state index contributed by atoms with van der Waals surface area (Å²) in [6, 6.07) is 3.42. The molecule has 0 spiro atoms. The van der Waals surface area contributed by atoms with Crippen LogP contribution < -0.4 is 5.32 Å². The lowest BCUT2D eigenvalue weighted by molar-refractivity contribution is -0.393. The van der Waals surface area contributed by atoms with E-state index < -0.39 is 9.85 Å². The second kappa shape index (κ2) is 34.9. The zero-order valence-electron chi connectivity index (χ0n) is 30.0. The first-order valence-corrected chi connectivity index (χ1v) is 17.1. The number of nitrogens with zero attached hydrogens (tertiary/aromatic N) is 2. The summed E-state index contributed by atoms with van der Waals surface area (Å²) in [5, 5.41) is 24.8. The Morgan fingerprint density at radius 2 is 0.808 bits per heavy atom. The molecule has 0 aliphatic carbocycles. The van der Waals surface area contributed by atoms with Crippen molar-refractivity contribution >= 4 is 23.0 Å². The highest BCUT2D eigenvalue weighted by Crippen LogP contribution is 2.28. The van der Waals surface area contributed by atoms with Crippen molar-refractivity contribution in [2.75, 3.05) is 164 Å². The molecule has 0 bridgehead atoms. The normalized spacial score (nSPS) is 11.2. The number of hydrogen-bond donors (Lipinski definition) is 1. The Bertz CT molecular complexity index is 1040. The van der Waals surface area contributed by atoms with Crippen LogP contribution in [0.2, 0.25) is 0 Å². The predicted molar refractivity (Wildman–Crippen MR) is 184 cm³/mol. The monoisotopic (exact) mass is 753 g/mol. The lowest BCUT2D eigenvalue weighted by Crippen LogP contribution is -2.16. The highest BCUT2D eigenvalue weighted by atomic mass is 16.6. The fraction of sp³-hybridized carbons (Fsp3) is 0.781. The minimum absolute atomic E-state index is 0.182. The predicted octanol–water partition coefficient (Wildman–Crippen LogP) is 1.66. The van der Waals surface area contributed by atoms with Crippen molar-refractivity contribution in [3.63, 3.8) is 0 Å². The van der Waals surface area contributed by atoms with E-state index in [2.05, 4.69) is 5.32 Å². The molecule has 0 aromatic heterocycles. The quantitative estimate of drug-likeness (QED) is 0.0436. The Hall–Kier alpha value is -3.15. The first kappa shape index (κ1) is 46.9. The van der Waals surface area contributed by atoms with E-state index in [0.717, 1.165) is 6.07 Å². The number of non-ortho nitro benzene ring substituents is 1. The highest BCUT2D eigenvalue weighted by Gasteiger charge is 2.19. The fourth-order valence-electron chi connectivity index (χ4n) is 3.74. The van der Waals surface area contributed by atoms with Crippen molar-refractivity contribution < 1.29 is 71.5 Å². The molecular weight excluding hydrogens is 698 g/mol. The SMILES string of the molecule is CC(=O)OCCOCCOCCOCCOCCOCCOCCOCCOCCOCCOCCOCCNc1ccc([N+](=O)[O-])cc1[N+](=O)[O-]. The van der Waals surface area contributed by atoms with Gasteiger partial charge in [0.25, 0.3) is 11.4 Å². The largest absolute Gasteiger partial charge is 0.463 e. The number of carbonyl (C=O) groups is 1. The van der Waals surface area contributed by atoms with Crippen LogP contribution in [0.3, 0.4) is 0 Å². The Kier molecular flexibility index (Phi) is 31.5. The highest BCUT2D eigenvalue weighted by molar-refractivity contribution is 5.66. The van der Waals surface area contributed by atoms with E-state index in [4.69, 9.17) is 56.8 Å². The van der Waals surface area contributed by atoms with Crippen molar-refractivity contribution in [1.82, 2.24) is 0 Å². The van der Waals surface area contributed by atoms with Crippen LogP contribution in [0.5, 0.6) is 0 Å². The molecule has 0 aliphatic heterocycles. The smallest absolute Gasteiger partial charge is 0.302 e. The number of rotatable bonds is 39. The molecule has 52 heavy (non-hydrogen) atoms. The molecule has 20 nitrogen and oxygen atoms in total. The van der Waals surface area contributed by atoms with Crippen LogP contribution in [0, 0.1) is 20.2 Å². The summed E-state index contributed by atoms with van der Waals surface area (Å²) in [5.41, 5.74) is -0.537. The molecule has 20 heteroatoms. The van der Waals surface area contributed by atoms with Gasteiger partial charge in [0.05, 0.1) is 161 Å². The van der Waals surface area contributed by atoms with Gasteiger partial charge < -0.3 is 62.2 Å². The van der Waals surface area contributed by atoms with Gasteiger partial charge in [-0.2, -0.15) is 0 Å². The second-order valence-electron chi connectivity index (χ2n) is 10.2. The van der Waals surface area contributed by atoms with Crippen molar-refractivity contribution in [3.05, 3.63) is 38.4 Å². The summed E-state index contributed by atoms with van der Waals surface area (Å²) in [5.74, 6) is -0.323. The van der Waals surface area contributed by atoms with Crippen LogP contribution in [0.4, 0.5) is 17.1 Å². The van der Waals surface area contributed by atoms with Crippen molar-refractivity contribution in [2.45, 2.75) is 6.92 Å². The standard InChI is InChI=1S/C32H55N3O17/c1-29(36)52-27-26-51-25-24-50-23-22-49-21-20-48-19-18-47-17-16-46-15-14-45-13-12-44-11-10-43-9-8-42-7-6-41-5-4-33-31-3-2-30(34(37)38)28-32(31)35(39)40/h2-3,28,33H,4-27H2,1H3. The van der Waals surface area contributed by atoms with Gasteiger partial charge in [0.1, 0.15) is 12.3 Å². The minimum Gasteiger partial charge on any atom is -0.463 e. The lowest BCUT2D eigenvalue weighted by atomic mass is 10.2. The molecule has 1 aromatic rings. The summed E-state index contributed by atoms with van der Waals surface area (Å²) >= 11 is 0. The molecule has 0 amide bonds. The van der Waals surface area contributed by atoms with Gasteiger partial charge in [-0.05, 0) is 6.07 Å². The Morgan fingerprint density at radius 1 is 0.500 bits per heavy atom. The first-order valence-electron chi connectivity index (χ1n) is 17.1. The second-order valence-corrected chi connectivity index (χ2v) is 10.2. The number of esters is 1. The molecule has 0 saturated heterocycles. The van der Waals surface area contributed by atoms with Gasteiger partial charge in [-0.15, -0.1) is 0 Å². The number of carbonyl (C=O) groups excluding carboxylic acids is 1. The zero-order chi connectivity index (χ0) is 37.7. The molecule has 1 rings (SSSR count). The molecule has 0 fully saturated rings. The van der Waals surface area contributed by atoms with E-state index in [9.17, 15) is 25.0 Å². The van der Waals surface area contributed by atoms with E-state index >= 15 is 0 Å². The molecule has 0 heterocycles. The van der Waals surface area contributed by atoms with Gasteiger partial charge in [0.15, 0.2) is 0 Å². The van der Waals surface area contributed by atoms with Gasteiger partial charge in [-0.25, -0.2) is 0 Å². The average Bonchev–Trinajstić information content (AvgIpc) is 3.12. The zero-order valence-corrected chi connectivity index (χ0v) is 30.0. The number of benzene rings is 1. The Labute approximate surface area is 303 Å². The Morgan fingerprint density at radius 3 is 1.10 bits per heavy atom. The van der Waals surface area contributed by atoms with Crippen LogP contribution in [-0.2, 0) is 61.6 Å². The molecule has 1 aromatic carbocycles. The number of ether oxygens (including phenoxy) is 12. The molecule has 0 aliphatic rings. The topological polar surface area (TPSA) is 226 Å². The molecule has 0 saturated carbocycles. The summed E-state index contributed by atoms with van der Waals surface area (Å²) in [7, 11) is 0. The number of nitro groups is 2. The maximum Gasteiger partial charge on any atom is 0.302 e. The van der Waals surface area contributed by atoms with E-state index in [0.29, 0.717) is 139 Å². The van der Waals surface area contributed by atoms with Gasteiger partial charge >= 0.3 is 5.97 Å². The molecular formula is C32H55N3O17. The third kappa shape index (κ3) is 29.4. The average molecular weight is 754 g/mol. The van der Waals surface area contributed by atoms with E-state index in [1.165, 1.54) is 19.1 Å². The number of hydrogen-bond acceptors (Lipinski definition) is 18. The third-order valence-electron chi connectivity index (χ3n) is 6.20. The minimum atomic E-state index is -0.684. The first-order chi connectivity index (χ1) is 25.4. The summed E-state index contributed by atoms with van der Waals surface area (Å²) in [6.07, 6.45) is 0. The van der Waals surface area contributed by atoms with Crippen molar-refractivity contribution in [1.29, 1.82) is 0 Å². The van der Waals surface area contributed by atoms with Gasteiger partial charge in [-0.3, -0.25) is 25.0 Å². The van der Waals surface area contributed by atoms with Crippen molar-refractivity contribution in [3.8, 4) is 0 Å². The number of anilines is 1. The van der Waals surface area contributed by atoms with Gasteiger partial charge in [0.2, 0.25) is 0 Å². The van der Waals surface area contributed by atoms with Crippen molar-refractivity contribution in [2.24, 2.45) is 0 Å². The van der Waals surface area contributed by atoms with Crippen LogP contribution in [0.25, 0.3) is 0 Å². The summed E-state index contributed by atoms with van der Waals surface area (Å²) < 4.78 is 64.3. The molecule has 300 valence electrons. The van der Waals surface area contributed by atoms with E-state index in [1.807, 2.05) is 0 Å². The maximum atomic E-state index is 11.1. The Balaban J connectivity index is 1.71. The van der Waals surface area contributed by atoms with Crippen LogP contribution in [-0.4, -0.2) is 174 Å². The third-order valence-corrected chi connectivity index (χ3v) is 6.20. The maximum absolute atomic E-state index is 11.1.